The van der Waals surface area contributed by atoms with Crippen LogP contribution >= 0.6 is 0 Å². The summed E-state index contributed by atoms with van der Waals surface area (Å²) < 4.78 is 4.61. The van der Waals surface area contributed by atoms with Gasteiger partial charge in [-0.1, -0.05) is 0 Å². The molecule has 0 nitrogen and oxygen atoms in total. The van der Waals surface area contributed by atoms with Crippen LogP contribution in [0.1, 0.15) is 55.7 Å². The van der Waals surface area contributed by atoms with Gasteiger partial charge in [-0.2, -0.15) is 0 Å². The average molecular weight is 433 g/mol. The molecule has 2 atom stereocenters. The molecule has 0 saturated carbocycles. The first-order valence-electron chi connectivity index (χ1n) is 9.58. The molecule has 0 spiro atoms. The third kappa shape index (κ3) is 2.92. The summed E-state index contributed by atoms with van der Waals surface area (Å²) in [5, 5.41) is 0. The van der Waals surface area contributed by atoms with E-state index in [0.29, 0.717) is 0 Å². The first kappa shape index (κ1) is 20.9. The predicted octanol–water partition coefficient (Wildman–Crippen LogP) is 0.932. The van der Waals surface area contributed by atoms with Gasteiger partial charge in [0.1, 0.15) is 0 Å². The Balaban J connectivity index is 0.00000105. The van der Waals surface area contributed by atoms with E-state index < -0.39 is 16.6 Å². The van der Waals surface area contributed by atoms with Crippen LogP contribution in [0.5, 0.6) is 0 Å². The fraction of sp³-hybridized carbons (Fsp3) is 0.333. The molecule has 3 aliphatic rings. The van der Waals surface area contributed by atoms with Crippen LogP contribution in [-0.4, -0.2) is 0 Å². The van der Waals surface area contributed by atoms with Crippen molar-refractivity contribution in [3.63, 3.8) is 0 Å². The van der Waals surface area contributed by atoms with Gasteiger partial charge in [-0.3, -0.25) is 0 Å². The molecule has 0 aromatic heterocycles. The van der Waals surface area contributed by atoms with Gasteiger partial charge in [0.15, 0.2) is 0 Å². The van der Waals surface area contributed by atoms with Crippen LogP contribution in [0.4, 0.5) is 0 Å². The van der Waals surface area contributed by atoms with Gasteiger partial charge in [-0.05, 0) is 0 Å². The molecule has 0 bridgehead atoms. The van der Waals surface area contributed by atoms with Crippen LogP contribution in [0.2, 0.25) is 9.45 Å². The average Bonchev–Trinajstić information content (AvgIpc) is 3.15. The number of hydrogen-bond donors (Lipinski definition) is 0. The Morgan fingerprint density at radius 1 is 0.667 bits per heavy atom. The first-order chi connectivity index (χ1) is 12.0. The molecule has 140 valence electrons. The Kier molecular flexibility index (Phi) is 5.61. The maximum atomic E-state index is 2.51. The minimum atomic E-state index is -2.02. The van der Waals surface area contributed by atoms with Crippen molar-refractivity contribution in [3.8, 4) is 0 Å². The number of allylic oxidation sites excluding steroid dienone is 2. The number of benzene rings is 2. The second-order valence-electron chi connectivity index (χ2n) is 8.53. The third-order valence-corrected chi connectivity index (χ3v) is 15.5. The molecule has 0 amide bonds. The maximum absolute atomic E-state index is 2.51. The van der Waals surface area contributed by atoms with Crippen molar-refractivity contribution in [2.75, 3.05) is 0 Å². The van der Waals surface area contributed by atoms with Gasteiger partial charge in [0.25, 0.3) is 0 Å². The smallest absolute Gasteiger partial charge is 1.00 e. The summed E-state index contributed by atoms with van der Waals surface area (Å²) in [4.78, 5) is 0. The number of rotatable bonds is 2. The molecule has 2 unspecified atom stereocenters. The predicted molar refractivity (Wildman–Crippen MR) is 105 cm³/mol. The fourth-order valence-corrected chi connectivity index (χ4v) is 16.3. The molecule has 2 aliphatic carbocycles. The van der Waals surface area contributed by atoms with E-state index in [0.717, 1.165) is 8.45 Å². The van der Waals surface area contributed by atoms with Crippen molar-refractivity contribution in [2.24, 2.45) is 0 Å². The summed E-state index contributed by atoms with van der Waals surface area (Å²) in [6.07, 6.45) is 5.01. The molecule has 3 heteroatoms. The Labute approximate surface area is 179 Å². The zero-order chi connectivity index (χ0) is 17.3. The topological polar surface area (TPSA) is 0 Å². The van der Waals surface area contributed by atoms with Crippen LogP contribution in [-0.2, 0) is 16.6 Å². The van der Waals surface area contributed by atoms with Gasteiger partial charge in [-0.15, -0.1) is 0 Å². The van der Waals surface area contributed by atoms with Crippen molar-refractivity contribution in [1.29, 1.82) is 0 Å². The summed E-state index contributed by atoms with van der Waals surface area (Å²) >= 11 is -2.02. The van der Waals surface area contributed by atoms with E-state index in [-0.39, 0.29) is 24.8 Å². The molecule has 1 aliphatic heterocycles. The zero-order valence-corrected chi connectivity index (χ0v) is 19.5. The molecule has 1 fully saturated rings. The second kappa shape index (κ2) is 7.23. The Morgan fingerprint density at radius 3 is 1.44 bits per heavy atom. The van der Waals surface area contributed by atoms with Gasteiger partial charge in [0.05, 0.1) is 0 Å². The first-order valence-corrected chi connectivity index (χ1v) is 13.6. The standard InChI is InChI=1S/2C11H11.C2H4.2ClH.Ti/c2*1-8-6-10-5-3-4-9(2)11(10)7-8;1-2;;;/h2*3-7H,1-2H3;1-2H2;2*1H;/q;;;;;+2/p-2. The van der Waals surface area contributed by atoms with Crippen LogP contribution in [0.15, 0.2) is 47.5 Å². The van der Waals surface area contributed by atoms with Gasteiger partial charge in [-0.25, -0.2) is 0 Å². The Morgan fingerprint density at radius 2 is 1.07 bits per heavy atom. The molecule has 1 saturated heterocycles. The van der Waals surface area contributed by atoms with Crippen molar-refractivity contribution in [2.45, 2.75) is 45.6 Å². The van der Waals surface area contributed by atoms with Gasteiger partial charge >= 0.3 is 155 Å². The number of halogens is 2. The normalized spacial score (nSPS) is 22.2. The Hall–Kier alpha value is -0.786. The van der Waals surface area contributed by atoms with Gasteiger partial charge < -0.3 is 24.8 Å². The van der Waals surface area contributed by atoms with E-state index in [9.17, 15) is 0 Å². The van der Waals surface area contributed by atoms with Crippen molar-refractivity contribution < 1.29 is 41.4 Å². The van der Waals surface area contributed by atoms with Crippen molar-refractivity contribution in [1.82, 2.24) is 0 Å². The monoisotopic (exact) mass is 432 g/mol. The quantitative estimate of drug-likeness (QED) is 0.619. The van der Waals surface area contributed by atoms with Crippen molar-refractivity contribution in [3.05, 3.63) is 80.9 Å². The van der Waals surface area contributed by atoms with E-state index >= 15 is 0 Å². The van der Waals surface area contributed by atoms with E-state index in [2.05, 4.69) is 76.2 Å². The Bertz CT molecular complexity index is 891. The minimum absolute atomic E-state index is 0. The summed E-state index contributed by atoms with van der Waals surface area (Å²) in [5.74, 6) is 0. The van der Waals surface area contributed by atoms with Gasteiger partial charge in [0, 0.05) is 0 Å². The van der Waals surface area contributed by atoms with E-state index in [1.54, 1.807) is 22.3 Å². The van der Waals surface area contributed by atoms with E-state index in [4.69, 9.17) is 0 Å². The SMILES string of the molecule is CC1=Cc2c(C)cccc2[CH]1[Ti+2]1([CH]2C(C)=Cc3c(C)cccc32)[CH2][CH2]1.[Cl-].[Cl-]. The number of hydrogen-bond acceptors (Lipinski definition) is 0. The van der Waals surface area contributed by atoms with E-state index in [1.165, 1.54) is 31.7 Å². The molecule has 5 rings (SSSR count). The number of aryl methyl sites for hydroxylation is 2. The van der Waals surface area contributed by atoms with Crippen molar-refractivity contribution >= 4 is 12.2 Å². The van der Waals surface area contributed by atoms with Crippen LogP contribution in [0.25, 0.3) is 12.2 Å². The summed E-state index contributed by atoms with van der Waals surface area (Å²) in [6.45, 7) is 9.36. The second-order valence-corrected chi connectivity index (χ2v) is 15.7. The molecule has 27 heavy (non-hydrogen) atoms. The zero-order valence-electron chi connectivity index (χ0n) is 16.4. The summed E-state index contributed by atoms with van der Waals surface area (Å²) in [7, 11) is 0. The fourth-order valence-electron chi connectivity index (χ4n) is 5.83. The third-order valence-electron chi connectivity index (χ3n) is 6.97. The minimum Gasteiger partial charge on any atom is -1.00 e. The van der Waals surface area contributed by atoms with Crippen LogP contribution in [0, 0.1) is 13.8 Å². The maximum Gasteiger partial charge on any atom is -1.00 e. The van der Waals surface area contributed by atoms with Crippen LogP contribution in [0.3, 0.4) is 0 Å². The molecule has 2 aromatic rings. The van der Waals surface area contributed by atoms with Crippen LogP contribution < -0.4 is 24.8 Å². The molecule has 0 radical (unpaired) electrons. The van der Waals surface area contributed by atoms with Gasteiger partial charge in [0.2, 0.25) is 0 Å². The summed E-state index contributed by atoms with van der Waals surface area (Å²) in [5.41, 5.74) is 12.6. The largest absolute Gasteiger partial charge is 1.00 e. The molecule has 2 aromatic carbocycles. The van der Waals surface area contributed by atoms with E-state index in [1.807, 2.05) is 0 Å². The molecular formula is C24H26Cl2Ti. The molecule has 1 heterocycles. The summed E-state index contributed by atoms with van der Waals surface area (Å²) in [6, 6.07) is 14.0. The molecular weight excluding hydrogens is 407 g/mol. The molecule has 0 N–H and O–H groups in total. The number of fused-ring (bicyclic) bond motifs is 2.